The topological polar surface area (TPSA) is 41.6 Å². The van der Waals surface area contributed by atoms with Crippen molar-refractivity contribution < 1.29 is 0 Å². The second-order valence-corrected chi connectivity index (χ2v) is 4.47. The lowest BCUT2D eigenvalue weighted by atomic mass is 9.96. The number of aromatic nitrogens is 2. The van der Waals surface area contributed by atoms with Crippen molar-refractivity contribution in [3.05, 3.63) is 18.0 Å². The van der Waals surface area contributed by atoms with Crippen LogP contribution in [0.15, 0.2) is 12.4 Å². The first kappa shape index (κ1) is 10.2. The summed E-state index contributed by atoms with van der Waals surface area (Å²) in [4.78, 5) is 0. The fourth-order valence-electron chi connectivity index (χ4n) is 2.53. The van der Waals surface area contributed by atoms with Gasteiger partial charge >= 0.3 is 0 Å². The van der Waals surface area contributed by atoms with Crippen molar-refractivity contribution in [2.75, 3.05) is 0 Å². The standard InChI is InChI=1S/C12H17N3/c1-10-8-14-15(9-10)12(6-7-13)11-4-2-3-5-11/h8-9,11-12H,2-6H2,1H3. The average Bonchev–Trinajstić information content (AvgIpc) is 2.85. The summed E-state index contributed by atoms with van der Waals surface area (Å²) in [5, 5.41) is 13.2. The van der Waals surface area contributed by atoms with Crippen molar-refractivity contribution in [2.45, 2.75) is 45.1 Å². The Labute approximate surface area is 90.7 Å². The Morgan fingerprint density at radius 2 is 2.33 bits per heavy atom. The fourth-order valence-corrected chi connectivity index (χ4v) is 2.53. The molecule has 0 aliphatic heterocycles. The molecule has 0 saturated heterocycles. The number of hydrogen-bond donors (Lipinski definition) is 0. The summed E-state index contributed by atoms with van der Waals surface area (Å²) in [5.74, 6) is 0.656. The van der Waals surface area contributed by atoms with Crippen LogP contribution in [0.1, 0.15) is 43.7 Å². The van der Waals surface area contributed by atoms with Gasteiger partial charge in [-0.25, -0.2) is 0 Å². The van der Waals surface area contributed by atoms with E-state index in [1.165, 1.54) is 31.2 Å². The molecule has 15 heavy (non-hydrogen) atoms. The molecule has 0 aromatic carbocycles. The molecule has 1 unspecified atom stereocenters. The van der Waals surface area contributed by atoms with Gasteiger partial charge in [-0.3, -0.25) is 4.68 Å². The Morgan fingerprint density at radius 1 is 1.60 bits per heavy atom. The van der Waals surface area contributed by atoms with Crippen LogP contribution in [0.2, 0.25) is 0 Å². The van der Waals surface area contributed by atoms with Crippen molar-refractivity contribution >= 4 is 0 Å². The molecule has 1 aromatic rings. The molecule has 2 rings (SSSR count). The van der Waals surface area contributed by atoms with E-state index in [0.717, 1.165) is 0 Å². The van der Waals surface area contributed by atoms with Crippen LogP contribution in [-0.4, -0.2) is 9.78 Å². The largest absolute Gasteiger partial charge is 0.268 e. The maximum Gasteiger partial charge on any atom is 0.0677 e. The van der Waals surface area contributed by atoms with Gasteiger partial charge < -0.3 is 0 Å². The smallest absolute Gasteiger partial charge is 0.0677 e. The molecule has 0 N–H and O–H groups in total. The van der Waals surface area contributed by atoms with Gasteiger partial charge in [-0.15, -0.1) is 0 Å². The molecule has 1 fully saturated rings. The van der Waals surface area contributed by atoms with Gasteiger partial charge in [-0.1, -0.05) is 12.8 Å². The zero-order valence-electron chi connectivity index (χ0n) is 9.19. The molecule has 1 aliphatic carbocycles. The van der Waals surface area contributed by atoms with Gasteiger partial charge in [0.05, 0.1) is 24.7 Å². The van der Waals surface area contributed by atoms with Crippen LogP contribution in [0, 0.1) is 24.2 Å². The minimum absolute atomic E-state index is 0.297. The summed E-state index contributed by atoms with van der Waals surface area (Å²) in [6.07, 6.45) is 9.65. The number of hydrogen-bond acceptors (Lipinski definition) is 2. The Kier molecular flexibility index (Phi) is 3.05. The molecular formula is C12H17N3. The summed E-state index contributed by atoms with van der Waals surface area (Å²) in [6, 6.07) is 2.59. The van der Waals surface area contributed by atoms with Gasteiger partial charge in [0.2, 0.25) is 0 Å². The van der Waals surface area contributed by atoms with Gasteiger partial charge in [0.1, 0.15) is 0 Å². The van der Waals surface area contributed by atoms with Crippen LogP contribution in [-0.2, 0) is 0 Å². The van der Waals surface area contributed by atoms with E-state index in [0.29, 0.717) is 18.4 Å². The molecule has 80 valence electrons. The summed E-state index contributed by atoms with van der Waals surface area (Å²) in [7, 11) is 0. The molecule has 1 saturated carbocycles. The normalized spacial score (nSPS) is 18.9. The van der Waals surface area contributed by atoms with E-state index in [2.05, 4.69) is 17.4 Å². The number of aryl methyl sites for hydroxylation is 1. The highest BCUT2D eigenvalue weighted by Crippen LogP contribution is 2.35. The quantitative estimate of drug-likeness (QED) is 0.758. The van der Waals surface area contributed by atoms with E-state index in [9.17, 15) is 0 Å². The molecule has 0 amide bonds. The third-order valence-electron chi connectivity index (χ3n) is 3.31. The molecule has 0 radical (unpaired) electrons. The molecule has 0 spiro atoms. The van der Waals surface area contributed by atoms with Crippen LogP contribution in [0.4, 0.5) is 0 Å². The Balaban J connectivity index is 2.15. The number of rotatable bonds is 3. The van der Waals surface area contributed by atoms with Gasteiger partial charge in [0.25, 0.3) is 0 Å². The van der Waals surface area contributed by atoms with Crippen LogP contribution >= 0.6 is 0 Å². The maximum atomic E-state index is 8.87. The van der Waals surface area contributed by atoms with Gasteiger partial charge in [-0.2, -0.15) is 10.4 Å². The first-order valence-corrected chi connectivity index (χ1v) is 5.69. The Bertz CT molecular complexity index is 355. The SMILES string of the molecule is Cc1cnn(C(CC#N)C2CCCC2)c1. The summed E-state index contributed by atoms with van der Waals surface area (Å²) < 4.78 is 1.99. The monoisotopic (exact) mass is 203 g/mol. The van der Waals surface area contributed by atoms with Crippen molar-refractivity contribution in [3.63, 3.8) is 0 Å². The van der Waals surface area contributed by atoms with Crippen LogP contribution in [0.25, 0.3) is 0 Å². The van der Waals surface area contributed by atoms with Gasteiger partial charge in [0.15, 0.2) is 0 Å². The van der Waals surface area contributed by atoms with Gasteiger partial charge in [0, 0.05) is 6.20 Å². The highest BCUT2D eigenvalue weighted by atomic mass is 15.3. The van der Waals surface area contributed by atoms with E-state index in [1.54, 1.807) is 0 Å². The second-order valence-electron chi connectivity index (χ2n) is 4.47. The molecule has 3 nitrogen and oxygen atoms in total. The lowest BCUT2D eigenvalue weighted by Gasteiger charge is -2.21. The van der Waals surface area contributed by atoms with Crippen LogP contribution < -0.4 is 0 Å². The zero-order chi connectivity index (χ0) is 10.7. The zero-order valence-corrected chi connectivity index (χ0v) is 9.19. The first-order chi connectivity index (χ1) is 7.31. The summed E-state index contributed by atoms with van der Waals surface area (Å²) in [6.45, 7) is 2.04. The highest BCUT2D eigenvalue weighted by molar-refractivity contribution is 5.02. The van der Waals surface area contributed by atoms with Crippen molar-refractivity contribution in [3.8, 4) is 6.07 Å². The lowest BCUT2D eigenvalue weighted by molar-refractivity contribution is 0.314. The summed E-state index contributed by atoms with van der Waals surface area (Å²) in [5.41, 5.74) is 1.18. The van der Waals surface area contributed by atoms with Crippen LogP contribution in [0.3, 0.4) is 0 Å². The maximum absolute atomic E-state index is 8.87. The molecule has 1 heterocycles. The van der Waals surface area contributed by atoms with Crippen LogP contribution in [0.5, 0.6) is 0 Å². The minimum atomic E-state index is 0.297. The lowest BCUT2D eigenvalue weighted by Crippen LogP contribution is -2.17. The minimum Gasteiger partial charge on any atom is -0.268 e. The third-order valence-corrected chi connectivity index (χ3v) is 3.31. The van der Waals surface area contributed by atoms with Gasteiger partial charge in [-0.05, 0) is 31.2 Å². The van der Waals surface area contributed by atoms with Crippen molar-refractivity contribution in [1.82, 2.24) is 9.78 Å². The summed E-state index contributed by atoms with van der Waals surface area (Å²) >= 11 is 0. The first-order valence-electron chi connectivity index (χ1n) is 5.69. The Morgan fingerprint density at radius 3 is 2.87 bits per heavy atom. The average molecular weight is 203 g/mol. The van der Waals surface area contributed by atoms with E-state index >= 15 is 0 Å². The predicted molar refractivity (Wildman–Crippen MR) is 58.2 cm³/mol. The molecule has 3 heteroatoms. The fraction of sp³-hybridized carbons (Fsp3) is 0.667. The van der Waals surface area contributed by atoms with E-state index in [1.807, 2.05) is 17.8 Å². The Hall–Kier alpha value is -1.30. The number of nitriles is 1. The third kappa shape index (κ3) is 2.20. The molecule has 1 atom stereocenters. The molecule has 0 bridgehead atoms. The molecular weight excluding hydrogens is 186 g/mol. The number of nitrogens with zero attached hydrogens (tertiary/aromatic N) is 3. The van der Waals surface area contributed by atoms with E-state index < -0.39 is 0 Å². The highest BCUT2D eigenvalue weighted by Gasteiger charge is 2.26. The van der Waals surface area contributed by atoms with E-state index in [4.69, 9.17) is 5.26 Å². The van der Waals surface area contributed by atoms with Crippen molar-refractivity contribution in [2.24, 2.45) is 5.92 Å². The molecule has 1 aromatic heterocycles. The van der Waals surface area contributed by atoms with E-state index in [-0.39, 0.29) is 0 Å². The second kappa shape index (κ2) is 4.48. The van der Waals surface area contributed by atoms with Crippen molar-refractivity contribution in [1.29, 1.82) is 5.26 Å². The predicted octanol–water partition coefficient (Wildman–Crippen LogP) is 2.84. The molecule has 1 aliphatic rings.